The fraction of sp³-hybridized carbons (Fsp3) is 0.167. The van der Waals surface area contributed by atoms with Crippen molar-refractivity contribution in [3.8, 4) is 40.1 Å². The molecule has 1 saturated heterocycles. The Morgan fingerprint density at radius 1 is 0.848 bits per heavy atom. The van der Waals surface area contributed by atoms with E-state index in [1.165, 1.54) is 11.1 Å². The summed E-state index contributed by atoms with van der Waals surface area (Å²) >= 11 is 0. The minimum absolute atomic E-state index is 0.129. The normalized spacial score (nSPS) is 15.3. The van der Waals surface area contributed by atoms with Gasteiger partial charge < -0.3 is 29.9 Å². The van der Waals surface area contributed by atoms with Crippen molar-refractivity contribution in [2.45, 2.75) is 18.9 Å². The molecule has 46 heavy (non-hydrogen) atoms. The second-order valence-corrected chi connectivity index (χ2v) is 10.1. The molecule has 1 atom stereocenters. The van der Waals surface area contributed by atoms with Gasteiger partial charge in [-0.1, -0.05) is 12.1 Å². The number of phenols is 4. The van der Waals surface area contributed by atoms with E-state index in [2.05, 4.69) is 10.6 Å². The van der Waals surface area contributed by atoms with Crippen molar-refractivity contribution in [3.63, 3.8) is 0 Å². The first-order chi connectivity index (χ1) is 21.7. The van der Waals surface area contributed by atoms with Crippen LogP contribution in [0.15, 0.2) is 69.1 Å². The topological polar surface area (TPSA) is 248 Å². The van der Waals surface area contributed by atoms with Crippen LogP contribution in [-0.2, 0) is 9.59 Å². The Kier molecular flexibility index (Phi) is 9.21. The van der Waals surface area contributed by atoms with Crippen molar-refractivity contribution in [1.29, 1.82) is 0 Å². The Labute approximate surface area is 258 Å². The summed E-state index contributed by atoms with van der Waals surface area (Å²) in [7, 11) is 3.15. The van der Waals surface area contributed by atoms with Crippen LogP contribution in [0.1, 0.15) is 33.6 Å². The number of fused-ring (bicyclic) bond motifs is 2. The van der Waals surface area contributed by atoms with Crippen LogP contribution in [0.25, 0.3) is 22.3 Å². The average Bonchev–Trinajstić information content (AvgIpc) is 3.26. The molecule has 0 radical (unpaired) electrons. The number of hydrogen-bond acceptors (Lipinski definition) is 13. The zero-order valence-corrected chi connectivity index (χ0v) is 24.1. The lowest BCUT2D eigenvalue weighted by atomic mass is 10.0. The molecule has 0 spiro atoms. The fourth-order valence-corrected chi connectivity index (χ4v) is 4.55. The number of imide groups is 2. The van der Waals surface area contributed by atoms with Gasteiger partial charge in [0.15, 0.2) is 17.3 Å². The van der Waals surface area contributed by atoms with Gasteiger partial charge in [0.1, 0.15) is 28.5 Å². The number of phenolic OH excluding ortho intramolecular Hbond substituents is 4. The summed E-state index contributed by atoms with van der Waals surface area (Å²) in [6, 6.07) is 11.2. The Bertz CT molecular complexity index is 1920. The summed E-state index contributed by atoms with van der Waals surface area (Å²) in [5, 5.41) is 53.5. The van der Waals surface area contributed by atoms with Crippen molar-refractivity contribution < 1.29 is 49.1 Å². The van der Waals surface area contributed by atoms with Crippen LogP contribution >= 0.6 is 0 Å². The molecule has 4 amide bonds. The zero-order chi connectivity index (χ0) is 33.9. The molecule has 4 aromatic rings. The summed E-state index contributed by atoms with van der Waals surface area (Å²) in [5.41, 5.74) is -0.284. The van der Waals surface area contributed by atoms with E-state index in [9.17, 15) is 54.4 Å². The zero-order valence-electron chi connectivity index (χ0n) is 24.1. The molecule has 2 aliphatic heterocycles. The molecule has 0 saturated carbocycles. The molecule has 2 aliphatic rings. The Balaban J connectivity index is 0.000000184. The number of nitrogens with one attached hydrogen (secondary N) is 1. The molecule has 1 fully saturated rings. The van der Waals surface area contributed by atoms with Gasteiger partial charge in [-0.25, -0.2) is 0 Å². The van der Waals surface area contributed by atoms with E-state index in [0.29, 0.717) is 11.1 Å². The third-order valence-electron chi connectivity index (χ3n) is 6.68. The van der Waals surface area contributed by atoms with E-state index >= 15 is 0 Å². The molecule has 0 aliphatic carbocycles. The number of carbonyl (C=O) groups is 4. The van der Waals surface area contributed by atoms with Crippen LogP contribution < -0.4 is 10.7 Å². The SMILES string of the molecule is CN(C)N=O.O=C1CCC(N2C(=O)c3ccccc3C2=O)C(=O)N1.O=c1c(O)c(-c2ccc(O)c(O)c2)oc2cc(O)cc(O)c12. The molecule has 3 aromatic carbocycles. The highest BCUT2D eigenvalue weighted by atomic mass is 16.4. The van der Waals surface area contributed by atoms with Crippen LogP contribution in [0.2, 0.25) is 0 Å². The Morgan fingerprint density at radius 3 is 2.00 bits per heavy atom. The third-order valence-corrected chi connectivity index (χ3v) is 6.68. The number of nitrogens with zero attached hydrogens (tertiary/aromatic N) is 3. The molecule has 16 heteroatoms. The highest BCUT2D eigenvalue weighted by molar-refractivity contribution is 6.23. The average molecular weight is 635 g/mol. The van der Waals surface area contributed by atoms with Gasteiger partial charge in [-0.15, -0.1) is 4.91 Å². The quantitative estimate of drug-likeness (QED) is 0.0820. The van der Waals surface area contributed by atoms with E-state index < -0.39 is 46.4 Å². The molecule has 6 rings (SSSR count). The molecule has 238 valence electrons. The smallest absolute Gasteiger partial charge is 0.262 e. The largest absolute Gasteiger partial charge is 0.508 e. The number of benzene rings is 3. The molecule has 6 N–H and O–H groups in total. The predicted octanol–water partition coefficient (Wildman–Crippen LogP) is 2.31. The molecular weight excluding hydrogens is 608 g/mol. The number of rotatable bonds is 3. The Hall–Kier alpha value is -6.45. The van der Waals surface area contributed by atoms with Crippen LogP contribution in [0, 0.1) is 4.91 Å². The standard InChI is InChI=1S/C15H10O7.C13H10N2O4.C2H6N2O/c16-7-4-10(19)12-11(5-7)22-15(14(21)13(12)20)6-1-2-8(17)9(18)3-6;16-10-6-5-9(11(17)14-10)15-12(18)7-3-1-2-4-8(7)13(15)19;1-4(2)3-5/h1-5,16-19,21H;1-4,9H,5-6H2,(H,14,16,17);1-2H3. The second-order valence-electron chi connectivity index (χ2n) is 10.1. The Morgan fingerprint density at radius 2 is 1.46 bits per heavy atom. The lowest BCUT2D eigenvalue weighted by Gasteiger charge is -2.27. The van der Waals surface area contributed by atoms with Gasteiger partial charge >= 0.3 is 0 Å². The number of hydrogen-bond donors (Lipinski definition) is 6. The summed E-state index contributed by atoms with van der Waals surface area (Å²) < 4.78 is 5.35. The summed E-state index contributed by atoms with van der Waals surface area (Å²) in [4.78, 5) is 69.5. The maximum atomic E-state index is 12.2. The van der Waals surface area contributed by atoms with E-state index in [1.54, 1.807) is 38.4 Å². The summed E-state index contributed by atoms with van der Waals surface area (Å²) in [6.07, 6.45) is 0.306. The molecule has 1 unspecified atom stereocenters. The monoisotopic (exact) mass is 634 g/mol. The molecule has 0 bridgehead atoms. The van der Waals surface area contributed by atoms with Crippen LogP contribution in [0.4, 0.5) is 0 Å². The summed E-state index contributed by atoms with van der Waals surface area (Å²) in [6.45, 7) is 0. The van der Waals surface area contributed by atoms with Crippen molar-refractivity contribution >= 4 is 34.6 Å². The first-order valence-electron chi connectivity index (χ1n) is 13.3. The summed E-state index contributed by atoms with van der Waals surface area (Å²) in [5.74, 6) is -4.64. The number of piperidine rings is 1. The number of nitroso groups, excluding NO2 is 1. The van der Waals surface area contributed by atoms with E-state index in [4.69, 9.17) is 4.42 Å². The molecule has 1 aromatic heterocycles. The maximum Gasteiger partial charge on any atom is 0.262 e. The molecule has 16 nitrogen and oxygen atoms in total. The highest BCUT2D eigenvalue weighted by Gasteiger charge is 2.44. The lowest BCUT2D eigenvalue weighted by Crippen LogP contribution is -2.54. The van der Waals surface area contributed by atoms with Gasteiger partial charge in [0.05, 0.1) is 16.4 Å². The minimum Gasteiger partial charge on any atom is -0.508 e. The maximum absolute atomic E-state index is 12.2. The van der Waals surface area contributed by atoms with Gasteiger partial charge in [0.2, 0.25) is 23.0 Å². The van der Waals surface area contributed by atoms with Gasteiger partial charge in [-0.3, -0.25) is 39.2 Å². The fourth-order valence-electron chi connectivity index (χ4n) is 4.55. The first kappa shape index (κ1) is 32.5. The van der Waals surface area contributed by atoms with Crippen LogP contribution in [0.5, 0.6) is 28.7 Å². The van der Waals surface area contributed by atoms with Crippen LogP contribution in [0.3, 0.4) is 0 Å². The van der Waals surface area contributed by atoms with Gasteiger partial charge in [-0.2, -0.15) is 0 Å². The lowest BCUT2D eigenvalue weighted by molar-refractivity contribution is -0.136. The van der Waals surface area contributed by atoms with Crippen LogP contribution in [-0.4, -0.2) is 79.2 Å². The number of amides is 4. The van der Waals surface area contributed by atoms with Crippen molar-refractivity contribution in [3.05, 3.63) is 80.9 Å². The van der Waals surface area contributed by atoms with E-state index in [1.807, 2.05) is 0 Å². The van der Waals surface area contributed by atoms with Crippen molar-refractivity contribution in [2.24, 2.45) is 5.29 Å². The predicted molar refractivity (Wildman–Crippen MR) is 159 cm³/mol. The highest BCUT2D eigenvalue weighted by Crippen LogP contribution is 2.37. The van der Waals surface area contributed by atoms with Crippen molar-refractivity contribution in [2.75, 3.05) is 14.1 Å². The van der Waals surface area contributed by atoms with Crippen molar-refractivity contribution in [1.82, 2.24) is 15.2 Å². The van der Waals surface area contributed by atoms with Gasteiger partial charge in [-0.05, 0) is 36.8 Å². The number of carbonyl (C=O) groups excluding carboxylic acids is 4. The minimum atomic E-state index is -0.898. The molecule has 3 heterocycles. The molecular formula is C30H26N4O12. The third kappa shape index (κ3) is 6.40. The number of aromatic hydroxyl groups is 5. The van der Waals surface area contributed by atoms with E-state index in [0.717, 1.165) is 29.2 Å². The first-order valence-corrected chi connectivity index (χ1v) is 13.3. The van der Waals surface area contributed by atoms with Gasteiger partial charge in [0.25, 0.3) is 11.8 Å². The van der Waals surface area contributed by atoms with Gasteiger partial charge in [0, 0.05) is 38.2 Å². The second kappa shape index (κ2) is 13.0. The van der Waals surface area contributed by atoms with E-state index in [-0.39, 0.29) is 52.5 Å².